The van der Waals surface area contributed by atoms with E-state index >= 15 is 0 Å². The summed E-state index contributed by atoms with van der Waals surface area (Å²) in [5, 5.41) is 11.4. The van der Waals surface area contributed by atoms with Crippen LogP contribution in [0.3, 0.4) is 0 Å². The number of halogens is 2. The van der Waals surface area contributed by atoms with Crippen molar-refractivity contribution in [3.8, 4) is 0 Å². The Hall–Kier alpha value is -1.22. The Morgan fingerprint density at radius 2 is 2.05 bits per heavy atom. The number of hydrogen-bond acceptors (Lipinski definition) is 3. The van der Waals surface area contributed by atoms with Crippen molar-refractivity contribution in [3.05, 3.63) is 27.6 Å². The van der Waals surface area contributed by atoms with Gasteiger partial charge in [-0.2, -0.15) is 0 Å². The second kappa shape index (κ2) is 5.83. The van der Waals surface area contributed by atoms with Crippen LogP contribution in [0.15, 0.2) is 18.2 Å². The summed E-state index contributed by atoms with van der Waals surface area (Å²) in [6, 6.07) is 4.00. The van der Waals surface area contributed by atoms with Crippen LogP contribution in [0.4, 0.5) is 10.1 Å². The summed E-state index contributed by atoms with van der Waals surface area (Å²) in [6.45, 7) is 0. The summed E-state index contributed by atoms with van der Waals surface area (Å²) in [6.07, 6.45) is -1.03. The molecule has 0 bridgehead atoms. The van der Waals surface area contributed by atoms with Crippen LogP contribution in [0.1, 0.15) is 12.8 Å². The Labute approximate surface area is 122 Å². The molecule has 7 heteroatoms. The van der Waals surface area contributed by atoms with Gasteiger partial charge in [0, 0.05) is 3.57 Å². The summed E-state index contributed by atoms with van der Waals surface area (Å²) in [5.74, 6) is -1.86. The van der Waals surface area contributed by atoms with Crippen LogP contribution >= 0.6 is 22.6 Å². The van der Waals surface area contributed by atoms with Gasteiger partial charge in [-0.05, 0) is 53.6 Å². The second-order valence-electron chi connectivity index (χ2n) is 4.14. The van der Waals surface area contributed by atoms with Gasteiger partial charge in [-0.3, -0.25) is 4.79 Å². The van der Waals surface area contributed by atoms with Gasteiger partial charge < -0.3 is 15.2 Å². The molecule has 0 spiro atoms. The molecule has 2 atom stereocenters. The lowest BCUT2D eigenvalue weighted by molar-refractivity contribution is -0.150. The first-order chi connectivity index (χ1) is 8.97. The number of carbonyl (C=O) groups excluding carboxylic acids is 1. The largest absolute Gasteiger partial charge is 0.479 e. The van der Waals surface area contributed by atoms with Crippen LogP contribution in [0, 0.1) is 9.39 Å². The highest BCUT2D eigenvalue weighted by Crippen LogP contribution is 2.23. The molecule has 1 fully saturated rings. The zero-order valence-corrected chi connectivity index (χ0v) is 11.9. The second-order valence-corrected chi connectivity index (χ2v) is 5.30. The highest BCUT2D eigenvalue weighted by atomic mass is 127. The normalized spacial score (nSPS) is 22.2. The highest BCUT2D eigenvalue weighted by molar-refractivity contribution is 14.1. The molecule has 19 heavy (non-hydrogen) atoms. The van der Waals surface area contributed by atoms with Crippen LogP contribution in [0.2, 0.25) is 0 Å². The van der Waals surface area contributed by atoms with E-state index < -0.39 is 24.1 Å². The molecule has 5 nitrogen and oxygen atoms in total. The summed E-state index contributed by atoms with van der Waals surface area (Å²) in [5.41, 5.74) is 0.481. The van der Waals surface area contributed by atoms with Crippen molar-refractivity contribution in [1.82, 2.24) is 0 Å². The minimum Gasteiger partial charge on any atom is -0.479 e. The van der Waals surface area contributed by atoms with Crippen molar-refractivity contribution in [3.63, 3.8) is 0 Å². The lowest BCUT2D eigenvalue weighted by Crippen LogP contribution is -2.30. The third kappa shape index (κ3) is 3.41. The Morgan fingerprint density at radius 1 is 1.37 bits per heavy atom. The van der Waals surface area contributed by atoms with Gasteiger partial charge in [-0.25, -0.2) is 9.18 Å². The summed E-state index contributed by atoms with van der Waals surface area (Å²) >= 11 is 1.91. The molecule has 1 aromatic carbocycles. The Bertz CT molecular complexity index is 522. The van der Waals surface area contributed by atoms with Gasteiger partial charge in [-0.1, -0.05) is 0 Å². The fraction of sp³-hybridized carbons (Fsp3) is 0.333. The van der Waals surface area contributed by atoms with E-state index in [1.165, 1.54) is 18.2 Å². The number of carbonyl (C=O) groups is 2. The SMILES string of the molecule is O=C(Nc1ccc(F)cc1I)[C@@H]1CC[C@H](C(=O)O)O1. The molecule has 1 heterocycles. The third-order valence-electron chi connectivity index (χ3n) is 2.78. The first kappa shape index (κ1) is 14.2. The van der Waals surface area contributed by atoms with E-state index in [1.54, 1.807) is 0 Å². The minimum atomic E-state index is -1.06. The van der Waals surface area contributed by atoms with E-state index in [1.807, 2.05) is 22.6 Å². The van der Waals surface area contributed by atoms with Crippen molar-refractivity contribution in [2.75, 3.05) is 5.32 Å². The lowest BCUT2D eigenvalue weighted by atomic mass is 10.2. The molecule has 0 radical (unpaired) electrons. The number of aliphatic carboxylic acids is 1. The molecule has 1 saturated heterocycles. The molecule has 0 aliphatic carbocycles. The summed E-state index contributed by atoms with van der Waals surface area (Å²) in [7, 11) is 0. The van der Waals surface area contributed by atoms with Crippen LogP contribution < -0.4 is 5.32 Å². The standard InChI is InChI=1S/C12H11FINO4/c13-6-1-2-8(7(14)5-6)15-11(16)9-3-4-10(19-9)12(17)18/h1-2,5,9-10H,3-4H2,(H,15,16)(H,17,18)/t9-,10+/m0/s1. The van der Waals surface area contributed by atoms with Crippen molar-refractivity contribution in [2.45, 2.75) is 25.0 Å². The fourth-order valence-electron chi connectivity index (χ4n) is 1.82. The van der Waals surface area contributed by atoms with Gasteiger partial charge in [-0.15, -0.1) is 0 Å². The van der Waals surface area contributed by atoms with Crippen LogP contribution in [-0.2, 0) is 14.3 Å². The minimum absolute atomic E-state index is 0.313. The zero-order valence-electron chi connectivity index (χ0n) is 9.73. The predicted molar refractivity (Wildman–Crippen MR) is 73.3 cm³/mol. The Balaban J connectivity index is 2.00. The molecule has 1 amide bonds. The third-order valence-corrected chi connectivity index (χ3v) is 3.67. The number of benzene rings is 1. The van der Waals surface area contributed by atoms with E-state index in [0.717, 1.165) is 0 Å². The van der Waals surface area contributed by atoms with Crippen molar-refractivity contribution in [1.29, 1.82) is 0 Å². The zero-order chi connectivity index (χ0) is 14.0. The molecule has 102 valence electrons. The maximum absolute atomic E-state index is 12.9. The van der Waals surface area contributed by atoms with Crippen LogP contribution in [0.5, 0.6) is 0 Å². The van der Waals surface area contributed by atoms with Gasteiger partial charge in [0.15, 0.2) is 6.10 Å². The molecule has 2 rings (SSSR count). The van der Waals surface area contributed by atoms with E-state index in [9.17, 15) is 14.0 Å². The molecular formula is C12H11FINO4. The van der Waals surface area contributed by atoms with Gasteiger partial charge in [0.25, 0.3) is 5.91 Å². The predicted octanol–water partition coefficient (Wildman–Crippen LogP) is 2.00. The molecule has 0 aromatic heterocycles. The van der Waals surface area contributed by atoms with Crippen LogP contribution in [0.25, 0.3) is 0 Å². The number of amides is 1. The van der Waals surface area contributed by atoms with E-state index in [4.69, 9.17) is 9.84 Å². The molecule has 1 aliphatic rings. The molecule has 1 aliphatic heterocycles. The monoisotopic (exact) mass is 379 g/mol. The topological polar surface area (TPSA) is 75.6 Å². The van der Waals surface area contributed by atoms with Gasteiger partial charge in [0.2, 0.25) is 0 Å². The van der Waals surface area contributed by atoms with Gasteiger partial charge in [0.1, 0.15) is 11.9 Å². The smallest absolute Gasteiger partial charge is 0.332 e. The van der Waals surface area contributed by atoms with E-state index in [-0.39, 0.29) is 5.82 Å². The summed E-state index contributed by atoms with van der Waals surface area (Å²) in [4.78, 5) is 22.6. The van der Waals surface area contributed by atoms with E-state index in [2.05, 4.69) is 5.32 Å². The number of carboxylic acid groups (broad SMARTS) is 1. The Kier molecular flexibility index (Phi) is 4.35. The number of ether oxygens (including phenoxy) is 1. The number of nitrogens with one attached hydrogen (secondary N) is 1. The average Bonchev–Trinajstić information content (AvgIpc) is 2.82. The summed E-state index contributed by atoms with van der Waals surface area (Å²) < 4.78 is 18.6. The molecular weight excluding hydrogens is 368 g/mol. The molecule has 0 saturated carbocycles. The van der Waals surface area contributed by atoms with Crippen molar-refractivity contribution < 1.29 is 23.8 Å². The van der Waals surface area contributed by atoms with Gasteiger partial charge >= 0.3 is 5.97 Å². The number of carboxylic acids is 1. The van der Waals surface area contributed by atoms with Crippen molar-refractivity contribution in [2.24, 2.45) is 0 Å². The average molecular weight is 379 g/mol. The van der Waals surface area contributed by atoms with Gasteiger partial charge in [0.05, 0.1) is 5.69 Å². The fourth-order valence-corrected chi connectivity index (χ4v) is 2.43. The Morgan fingerprint density at radius 3 is 2.63 bits per heavy atom. The number of anilines is 1. The number of hydrogen-bond donors (Lipinski definition) is 2. The van der Waals surface area contributed by atoms with E-state index in [0.29, 0.717) is 22.1 Å². The highest BCUT2D eigenvalue weighted by Gasteiger charge is 2.34. The maximum Gasteiger partial charge on any atom is 0.332 e. The molecule has 2 N–H and O–H groups in total. The quantitative estimate of drug-likeness (QED) is 0.788. The lowest BCUT2D eigenvalue weighted by Gasteiger charge is -2.12. The molecule has 0 unspecified atom stereocenters. The maximum atomic E-state index is 12.9. The van der Waals surface area contributed by atoms with Crippen molar-refractivity contribution >= 4 is 40.2 Å². The van der Waals surface area contributed by atoms with Crippen LogP contribution in [-0.4, -0.2) is 29.2 Å². The first-order valence-electron chi connectivity index (χ1n) is 5.61. The first-order valence-corrected chi connectivity index (χ1v) is 6.69. The number of rotatable bonds is 3. The molecule has 1 aromatic rings.